The third-order valence-corrected chi connectivity index (χ3v) is 2.56. The van der Waals surface area contributed by atoms with Crippen molar-refractivity contribution >= 4 is 17.8 Å². The van der Waals surface area contributed by atoms with Crippen molar-refractivity contribution in [3.8, 4) is 6.07 Å². The topological polar surface area (TPSA) is 116 Å². The number of carbonyl (C=O) groups is 3. The van der Waals surface area contributed by atoms with Crippen LogP contribution in [0.4, 0.5) is 0 Å². The van der Waals surface area contributed by atoms with Gasteiger partial charge in [0.1, 0.15) is 6.04 Å². The Labute approximate surface area is 121 Å². The van der Waals surface area contributed by atoms with Crippen LogP contribution in [0.1, 0.15) is 29.3 Å². The molecular weight excluding hydrogens is 276 g/mol. The average molecular weight is 290 g/mol. The van der Waals surface area contributed by atoms with Gasteiger partial charge in [-0.3, -0.25) is 9.59 Å². The third kappa shape index (κ3) is 4.95. The predicted molar refractivity (Wildman–Crippen MR) is 71.3 cm³/mol. The van der Waals surface area contributed by atoms with Gasteiger partial charge in [0.05, 0.1) is 24.7 Å². The molecule has 7 heteroatoms. The predicted octanol–water partition coefficient (Wildman–Crippen LogP) is 0.694. The van der Waals surface area contributed by atoms with E-state index < -0.39 is 30.3 Å². The number of ether oxygens (including phenoxy) is 1. The molecule has 0 saturated carbocycles. The van der Waals surface area contributed by atoms with Gasteiger partial charge in [-0.15, -0.1) is 0 Å². The van der Waals surface area contributed by atoms with Gasteiger partial charge >= 0.3 is 11.9 Å². The van der Waals surface area contributed by atoms with Crippen molar-refractivity contribution in [1.29, 1.82) is 5.26 Å². The number of hydrogen-bond donors (Lipinski definition) is 2. The van der Waals surface area contributed by atoms with Gasteiger partial charge in [-0.1, -0.05) is 0 Å². The molecule has 110 valence electrons. The number of rotatable bonds is 6. The number of carboxylic acids is 1. The Morgan fingerprint density at radius 3 is 2.43 bits per heavy atom. The normalized spacial score (nSPS) is 11.0. The first kappa shape index (κ1) is 16.2. The Morgan fingerprint density at radius 1 is 1.33 bits per heavy atom. The molecule has 0 heterocycles. The summed E-state index contributed by atoms with van der Waals surface area (Å²) in [6.07, 6.45) is -0.453. The van der Waals surface area contributed by atoms with E-state index in [9.17, 15) is 14.4 Å². The van der Waals surface area contributed by atoms with Crippen LogP contribution in [0.3, 0.4) is 0 Å². The Hall–Kier alpha value is -2.88. The Bertz CT molecular complexity index is 574. The third-order valence-electron chi connectivity index (χ3n) is 2.56. The molecule has 21 heavy (non-hydrogen) atoms. The van der Waals surface area contributed by atoms with Crippen LogP contribution in [0.15, 0.2) is 24.3 Å². The van der Waals surface area contributed by atoms with Crippen LogP contribution in [-0.4, -0.2) is 35.6 Å². The maximum atomic E-state index is 11.9. The highest BCUT2D eigenvalue weighted by Crippen LogP contribution is 2.05. The lowest BCUT2D eigenvalue weighted by atomic mass is 10.1. The van der Waals surface area contributed by atoms with E-state index in [4.69, 9.17) is 10.4 Å². The first-order chi connectivity index (χ1) is 9.97. The second-order valence-corrected chi connectivity index (χ2v) is 4.06. The Kier molecular flexibility index (Phi) is 5.89. The van der Waals surface area contributed by atoms with Crippen LogP contribution in [0.2, 0.25) is 0 Å². The fraction of sp³-hybridized carbons (Fsp3) is 0.286. The zero-order chi connectivity index (χ0) is 15.8. The quantitative estimate of drug-likeness (QED) is 0.745. The highest BCUT2D eigenvalue weighted by Gasteiger charge is 2.24. The van der Waals surface area contributed by atoms with Crippen LogP contribution < -0.4 is 5.32 Å². The van der Waals surface area contributed by atoms with E-state index in [1.54, 1.807) is 6.92 Å². The second kappa shape index (κ2) is 7.65. The van der Waals surface area contributed by atoms with Gasteiger partial charge in [-0.25, -0.2) is 4.79 Å². The standard InChI is InChI=1S/C14H14N2O5/c1-2-21-12(17)7-11(14(19)20)16-13(18)10-5-3-9(8-15)4-6-10/h3-6,11H,2,7H2,1H3,(H,16,18)(H,19,20)/t11-/m1/s1. The molecule has 7 nitrogen and oxygen atoms in total. The van der Waals surface area contributed by atoms with E-state index in [0.717, 1.165) is 0 Å². The fourth-order valence-corrected chi connectivity index (χ4v) is 1.52. The molecule has 0 bridgehead atoms. The van der Waals surface area contributed by atoms with E-state index in [-0.39, 0.29) is 12.2 Å². The van der Waals surface area contributed by atoms with E-state index in [2.05, 4.69) is 10.1 Å². The molecule has 0 fully saturated rings. The molecule has 0 unspecified atom stereocenters. The van der Waals surface area contributed by atoms with Crippen molar-refractivity contribution in [1.82, 2.24) is 5.32 Å². The molecule has 1 aromatic rings. The first-order valence-corrected chi connectivity index (χ1v) is 6.17. The molecule has 0 spiro atoms. The van der Waals surface area contributed by atoms with E-state index in [1.807, 2.05) is 6.07 Å². The van der Waals surface area contributed by atoms with Gasteiger partial charge in [0, 0.05) is 5.56 Å². The summed E-state index contributed by atoms with van der Waals surface area (Å²) < 4.78 is 4.65. The lowest BCUT2D eigenvalue weighted by Crippen LogP contribution is -2.42. The van der Waals surface area contributed by atoms with Crippen molar-refractivity contribution in [3.05, 3.63) is 35.4 Å². The minimum Gasteiger partial charge on any atom is -0.480 e. The van der Waals surface area contributed by atoms with Gasteiger partial charge in [0.25, 0.3) is 5.91 Å². The van der Waals surface area contributed by atoms with Gasteiger partial charge < -0.3 is 15.2 Å². The molecule has 0 aliphatic heterocycles. The van der Waals surface area contributed by atoms with Crippen LogP contribution in [0.5, 0.6) is 0 Å². The number of nitrogens with one attached hydrogen (secondary N) is 1. The summed E-state index contributed by atoms with van der Waals surface area (Å²) in [6, 6.07) is 6.22. The second-order valence-electron chi connectivity index (χ2n) is 4.06. The summed E-state index contributed by atoms with van der Waals surface area (Å²) in [5.74, 6) is -2.67. The van der Waals surface area contributed by atoms with E-state index >= 15 is 0 Å². The molecule has 0 saturated heterocycles. The molecule has 1 amide bonds. The summed E-state index contributed by atoms with van der Waals surface area (Å²) in [5.41, 5.74) is 0.581. The largest absolute Gasteiger partial charge is 0.480 e. The molecule has 0 aliphatic carbocycles. The zero-order valence-corrected chi connectivity index (χ0v) is 11.3. The number of nitrogens with zero attached hydrogens (tertiary/aromatic N) is 1. The minimum atomic E-state index is -1.37. The van der Waals surface area contributed by atoms with Crippen molar-refractivity contribution in [2.24, 2.45) is 0 Å². The molecule has 1 atom stereocenters. The minimum absolute atomic E-state index is 0.134. The molecule has 1 rings (SSSR count). The number of aliphatic carboxylic acids is 1. The monoisotopic (exact) mass is 290 g/mol. The van der Waals surface area contributed by atoms with Gasteiger partial charge in [0.2, 0.25) is 0 Å². The maximum Gasteiger partial charge on any atom is 0.326 e. The van der Waals surface area contributed by atoms with Crippen molar-refractivity contribution < 1.29 is 24.2 Å². The van der Waals surface area contributed by atoms with Gasteiger partial charge in [-0.05, 0) is 31.2 Å². The molecule has 0 aromatic heterocycles. The van der Waals surface area contributed by atoms with Gasteiger partial charge in [-0.2, -0.15) is 5.26 Å². The zero-order valence-electron chi connectivity index (χ0n) is 11.3. The van der Waals surface area contributed by atoms with Crippen LogP contribution in [0, 0.1) is 11.3 Å². The lowest BCUT2D eigenvalue weighted by molar-refractivity contribution is -0.149. The molecular formula is C14H14N2O5. The highest BCUT2D eigenvalue weighted by atomic mass is 16.5. The van der Waals surface area contributed by atoms with E-state index in [1.165, 1.54) is 24.3 Å². The number of carboxylic acid groups (broad SMARTS) is 1. The summed E-state index contributed by atoms with van der Waals surface area (Å²) in [6.45, 7) is 1.73. The molecule has 1 aromatic carbocycles. The van der Waals surface area contributed by atoms with Crippen molar-refractivity contribution in [2.75, 3.05) is 6.61 Å². The lowest BCUT2D eigenvalue weighted by Gasteiger charge is -2.13. The SMILES string of the molecule is CCOC(=O)C[C@@H](NC(=O)c1ccc(C#N)cc1)C(=O)O. The van der Waals surface area contributed by atoms with E-state index in [0.29, 0.717) is 5.56 Å². The van der Waals surface area contributed by atoms with Crippen molar-refractivity contribution in [3.63, 3.8) is 0 Å². The maximum absolute atomic E-state index is 11.9. The van der Waals surface area contributed by atoms with Crippen molar-refractivity contribution in [2.45, 2.75) is 19.4 Å². The smallest absolute Gasteiger partial charge is 0.326 e. The van der Waals surface area contributed by atoms with Crippen LogP contribution in [0.25, 0.3) is 0 Å². The average Bonchev–Trinajstić information content (AvgIpc) is 2.46. The van der Waals surface area contributed by atoms with Gasteiger partial charge in [0.15, 0.2) is 0 Å². The number of benzene rings is 1. The number of amides is 1. The first-order valence-electron chi connectivity index (χ1n) is 6.17. The number of esters is 1. The van der Waals surface area contributed by atoms with Crippen LogP contribution in [-0.2, 0) is 14.3 Å². The molecule has 0 radical (unpaired) electrons. The fourth-order valence-electron chi connectivity index (χ4n) is 1.52. The van der Waals surface area contributed by atoms with Crippen LogP contribution >= 0.6 is 0 Å². The Balaban J connectivity index is 2.74. The Morgan fingerprint density at radius 2 is 1.95 bits per heavy atom. The number of carbonyl (C=O) groups excluding carboxylic acids is 2. The summed E-state index contributed by atoms with van der Waals surface area (Å²) >= 11 is 0. The number of nitriles is 1. The summed E-state index contributed by atoms with van der Waals surface area (Å²) in [5, 5.41) is 19.9. The summed E-state index contributed by atoms with van der Waals surface area (Å²) in [4.78, 5) is 34.2. The number of hydrogen-bond acceptors (Lipinski definition) is 5. The molecule has 2 N–H and O–H groups in total. The highest BCUT2D eigenvalue weighted by molar-refractivity contribution is 5.97. The summed E-state index contributed by atoms with van der Waals surface area (Å²) in [7, 11) is 0. The molecule has 0 aliphatic rings.